The molecule has 0 amide bonds. The fraction of sp³-hybridized carbons (Fsp3) is 1.00. The van der Waals surface area contributed by atoms with Crippen LogP contribution in [0, 0.1) is 0 Å². The predicted octanol–water partition coefficient (Wildman–Crippen LogP) is 3.61. The molecule has 0 aromatic heterocycles. The normalized spacial score (nSPS) is 16.1. The maximum Gasteiger partial charge on any atom is 0.500 e. The molecule has 0 aliphatic carbocycles. The van der Waals surface area contributed by atoms with E-state index in [1.165, 1.54) is 0 Å². The minimum absolute atomic E-state index is 0.109. The van der Waals surface area contributed by atoms with Crippen molar-refractivity contribution < 1.29 is 13.3 Å². The molecule has 16 heavy (non-hydrogen) atoms. The van der Waals surface area contributed by atoms with Gasteiger partial charge in [0.2, 0.25) is 0 Å². The third-order valence-electron chi connectivity index (χ3n) is 3.11. The molecule has 98 valence electrons. The van der Waals surface area contributed by atoms with Gasteiger partial charge in [0.1, 0.15) is 0 Å². The molecule has 0 aliphatic rings. The van der Waals surface area contributed by atoms with Crippen LogP contribution in [-0.2, 0) is 13.3 Å². The highest BCUT2D eigenvalue weighted by atomic mass is 28.4. The largest absolute Gasteiger partial charge is 0.500 e. The minimum atomic E-state index is -2.44. The Hall–Kier alpha value is 0.0969. The maximum atomic E-state index is 6.25. The van der Waals surface area contributed by atoms with Crippen LogP contribution in [0.25, 0.3) is 0 Å². The highest BCUT2D eigenvalue weighted by molar-refractivity contribution is 6.60. The van der Waals surface area contributed by atoms with E-state index >= 15 is 0 Å². The molecule has 0 spiro atoms. The Labute approximate surface area is 102 Å². The highest BCUT2D eigenvalue weighted by Gasteiger charge is 2.43. The summed E-state index contributed by atoms with van der Waals surface area (Å²) in [5, 5.41) is 0. The average molecular weight is 248 g/mol. The monoisotopic (exact) mass is 248 g/mol. The number of hydrogen-bond donors (Lipinski definition) is 0. The van der Waals surface area contributed by atoms with Crippen LogP contribution in [0.2, 0.25) is 6.04 Å². The molecule has 0 rings (SSSR count). The molecule has 0 saturated heterocycles. The molecule has 0 aliphatic heterocycles. The molecule has 0 heterocycles. The first-order valence-electron chi connectivity index (χ1n) is 6.31. The van der Waals surface area contributed by atoms with Gasteiger partial charge in [-0.15, -0.1) is 0 Å². The second-order valence-corrected chi connectivity index (χ2v) is 7.38. The average Bonchev–Trinajstić information content (AvgIpc) is 2.29. The smallest absolute Gasteiger partial charge is 0.377 e. The topological polar surface area (TPSA) is 27.7 Å². The zero-order valence-electron chi connectivity index (χ0n) is 11.8. The minimum Gasteiger partial charge on any atom is -0.377 e. The summed E-state index contributed by atoms with van der Waals surface area (Å²) < 4.78 is 17.4. The van der Waals surface area contributed by atoms with Gasteiger partial charge in [-0.3, -0.25) is 0 Å². The van der Waals surface area contributed by atoms with Gasteiger partial charge in [0.25, 0.3) is 0 Å². The van der Waals surface area contributed by atoms with Crippen molar-refractivity contribution in [1.29, 1.82) is 0 Å². The lowest BCUT2D eigenvalue weighted by Gasteiger charge is -2.37. The van der Waals surface area contributed by atoms with E-state index in [-0.39, 0.29) is 5.60 Å². The molecule has 1 unspecified atom stereocenters. The second kappa shape index (κ2) is 7.43. The van der Waals surface area contributed by atoms with Crippen LogP contribution in [0.15, 0.2) is 0 Å². The van der Waals surface area contributed by atoms with Gasteiger partial charge in [0.15, 0.2) is 0 Å². The van der Waals surface area contributed by atoms with Crippen molar-refractivity contribution in [2.75, 3.05) is 14.2 Å². The fourth-order valence-corrected chi connectivity index (χ4v) is 4.39. The van der Waals surface area contributed by atoms with Crippen LogP contribution < -0.4 is 0 Å². The molecule has 0 aromatic rings. The van der Waals surface area contributed by atoms with Crippen LogP contribution in [-0.4, -0.2) is 28.6 Å². The lowest BCUT2D eigenvalue weighted by atomic mass is 9.98. The van der Waals surface area contributed by atoms with Crippen molar-refractivity contribution in [3.8, 4) is 0 Å². The van der Waals surface area contributed by atoms with Crippen molar-refractivity contribution >= 4 is 8.80 Å². The molecule has 3 nitrogen and oxygen atoms in total. The van der Waals surface area contributed by atoms with Gasteiger partial charge in [0, 0.05) is 20.3 Å². The van der Waals surface area contributed by atoms with Crippen LogP contribution in [0.3, 0.4) is 0 Å². The van der Waals surface area contributed by atoms with Gasteiger partial charge in [-0.25, -0.2) is 0 Å². The Bertz CT molecular complexity index is 183. The molecular weight excluding hydrogens is 220 g/mol. The van der Waals surface area contributed by atoms with E-state index in [2.05, 4.69) is 27.7 Å². The van der Waals surface area contributed by atoms with Crippen LogP contribution in [0.4, 0.5) is 0 Å². The molecule has 4 heteroatoms. The molecule has 0 saturated carbocycles. The zero-order chi connectivity index (χ0) is 12.7. The molecule has 0 aromatic carbocycles. The van der Waals surface area contributed by atoms with Crippen molar-refractivity contribution in [3.63, 3.8) is 0 Å². The van der Waals surface area contributed by atoms with E-state index in [1.807, 2.05) is 0 Å². The summed E-state index contributed by atoms with van der Waals surface area (Å²) >= 11 is 0. The molecule has 0 radical (unpaired) electrons. The summed E-state index contributed by atoms with van der Waals surface area (Å²) in [5.41, 5.74) is -0.109. The Morgan fingerprint density at radius 1 is 1.00 bits per heavy atom. The highest BCUT2D eigenvalue weighted by Crippen LogP contribution is 2.29. The standard InChI is InChI=1S/C12H28O3Si/c1-7-10-12(4,9-3)15-16(13-5,14-6)11-8-2/h7-11H2,1-6H3. The van der Waals surface area contributed by atoms with Gasteiger partial charge in [-0.2, -0.15) is 0 Å². The van der Waals surface area contributed by atoms with E-state index in [4.69, 9.17) is 13.3 Å². The number of hydrogen-bond acceptors (Lipinski definition) is 3. The second-order valence-electron chi connectivity index (χ2n) is 4.50. The summed E-state index contributed by atoms with van der Waals surface area (Å²) in [6.45, 7) is 8.63. The van der Waals surface area contributed by atoms with Crippen molar-refractivity contribution in [2.45, 2.75) is 65.0 Å². The van der Waals surface area contributed by atoms with E-state index in [9.17, 15) is 0 Å². The first-order chi connectivity index (χ1) is 7.51. The Balaban J connectivity index is 4.68. The molecule has 0 fully saturated rings. The van der Waals surface area contributed by atoms with E-state index in [1.54, 1.807) is 14.2 Å². The molecule has 0 bridgehead atoms. The van der Waals surface area contributed by atoms with Gasteiger partial charge in [0.05, 0.1) is 5.60 Å². The van der Waals surface area contributed by atoms with Crippen molar-refractivity contribution in [1.82, 2.24) is 0 Å². The van der Waals surface area contributed by atoms with Crippen LogP contribution >= 0.6 is 0 Å². The Kier molecular flexibility index (Phi) is 7.47. The molecular formula is C12H28O3Si. The van der Waals surface area contributed by atoms with Crippen molar-refractivity contribution in [3.05, 3.63) is 0 Å². The summed E-state index contributed by atoms with van der Waals surface area (Å²) in [7, 11) is 0.967. The molecule has 1 atom stereocenters. The fourth-order valence-electron chi connectivity index (χ4n) is 1.93. The Morgan fingerprint density at radius 2 is 1.56 bits per heavy atom. The summed E-state index contributed by atoms with van der Waals surface area (Å²) in [4.78, 5) is 0. The van der Waals surface area contributed by atoms with E-state index in [0.29, 0.717) is 0 Å². The summed E-state index contributed by atoms with van der Waals surface area (Å²) in [6.07, 6.45) is 4.19. The lowest BCUT2D eigenvalue weighted by Crippen LogP contribution is -2.50. The first-order valence-corrected chi connectivity index (χ1v) is 8.25. The lowest BCUT2D eigenvalue weighted by molar-refractivity contribution is -0.0143. The zero-order valence-corrected chi connectivity index (χ0v) is 12.8. The predicted molar refractivity (Wildman–Crippen MR) is 69.6 cm³/mol. The van der Waals surface area contributed by atoms with Gasteiger partial charge >= 0.3 is 8.80 Å². The Morgan fingerprint density at radius 3 is 1.88 bits per heavy atom. The molecule has 0 N–H and O–H groups in total. The summed E-state index contributed by atoms with van der Waals surface area (Å²) in [5.74, 6) is 0. The van der Waals surface area contributed by atoms with E-state index < -0.39 is 8.80 Å². The summed E-state index contributed by atoms with van der Waals surface area (Å²) in [6, 6.07) is 0.888. The van der Waals surface area contributed by atoms with Gasteiger partial charge in [-0.05, 0) is 19.8 Å². The maximum absolute atomic E-state index is 6.25. The van der Waals surface area contributed by atoms with Crippen LogP contribution in [0.5, 0.6) is 0 Å². The van der Waals surface area contributed by atoms with Gasteiger partial charge < -0.3 is 13.3 Å². The third kappa shape index (κ3) is 4.53. The van der Waals surface area contributed by atoms with E-state index in [0.717, 1.165) is 31.7 Å². The van der Waals surface area contributed by atoms with Crippen molar-refractivity contribution in [2.24, 2.45) is 0 Å². The SMILES string of the molecule is CCCC(C)(CC)O[Si](CCC)(OC)OC. The quantitative estimate of drug-likeness (QED) is 0.583. The third-order valence-corrected chi connectivity index (χ3v) is 6.27. The first kappa shape index (κ1) is 16.1. The van der Waals surface area contributed by atoms with Gasteiger partial charge in [-0.1, -0.05) is 33.6 Å². The van der Waals surface area contributed by atoms with Crippen LogP contribution in [0.1, 0.15) is 53.4 Å². The number of rotatable bonds is 9.